The number of nitrogens with one attached hydrogen (secondary N) is 1. The molecule has 2 rings (SSSR count). The Morgan fingerprint density at radius 1 is 1.35 bits per heavy atom. The Hall–Kier alpha value is -1.44. The van der Waals surface area contributed by atoms with Crippen molar-refractivity contribution < 1.29 is 8.42 Å². The van der Waals surface area contributed by atoms with Gasteiger partial charge in [-0.05, 0) is 52.7 Å². The first kappa shape index (κ1) is 15.0. The average Bonchev–Trinajstić information content (AvgIpc) is 2.42. The van der Waals surface area contributed by atoms with Crippen molar-refractivity contribution in [2.75, 3.05) is 5.73 Å². The maximum Gasteiger partial charge on any atom is 0.241 e. The lowest BCUT2D eigenvalue weighted by Gasteiger charge is -2.14. The van der Waals surface area contributed by atoms with Crippen LogP contribution in [0.15, 0.2) is 52.1 Å². The molecule has 0 bridgehead atoms. The van der Waals surface area contributed by atoms with E-state index < -0.39 is 10.0 Å². The standard InChI is InChI=1S/C13H14BrN3O2S/c1-9(10-3-2-6-16-8-10)17-20(18,19)11-4-5-13(15)12(14)7-11/h2-9,17H,15H2,1H3. The summed E-state index contributed by atoms with van der Waals surface area (Å²) in [6.45, 7) is 1.76. The van der Waals surface area contributed by atoms with E-state index in [-0.39, 0.29) is 10.9 Å². The second-order valence-electron chi connectivity index (χ2n) is 4.31. The summed E-state index contributed by atoms with van der Waals surface area (Å²) in [5.74, 6) is 0. The number of halogens is 1. The smallest absolute Gasteiger partial charge is 0.241 e. The summed E-state index contributed by atoms with van der Waals surface area (Å²) >= 11 is 3.22. The van der Waals surface area contributed by atoms with Crippen LogP contribution in [-0.2, 0) is 10.0 Å². The van der Waals surface area contributed by atoms with Gasteiger partial charge in [0.15, 0.2) is 0 Å². The molecule has 0 aliphatic heterocycles. The van der Waals surface area contributed by atoms with Gasteiger partial charge in [0.2, 0.25) is 10.0 Å². The Balaban J connectivity index is 2.25. The monoisotopic (exact) mass is 355 g/mol. The van der Waals surface area contributed by atoms with Crippen molar-refractivity contribution in [2.45, 2.75) is 17.9 Å². The van der Waals surface area contributed by atoms with Crippen LogP contribution in [-0.4, -0.2) is 13.4 Å². The van der Waals surface area contributed by atoms with Gasteiger partial charge in [-0.2, -0.15) is 0 Å². The van der Waals surface area contributed by atoms with Crippen LogP contribution >= 0.6 is 15.9 Å². The average molecular weight is 356 g/mol. The third-order valence-electron chi connectivity index (χ3n) is 2.80. The summed E-state index contributed by atoms with van der Waals surface area (Å²) in [5, 5.41) is 0. The highest BCUT2D eigenvalue weighted by atomic mass is 79.9. The molecule has 0 spiro atoms. The van der Waals surface area contributed by atoms with E-state index in [1.54, 1.807) is 31.5 Å². The van der Waals surface area contributed by atoms with Gasteiger partial charge in [0.1, 0.15) is 0 Å². The summed E-state index contributed by atoms with van der Waals surface area (Å²) in [4.78, 5) is 4.14. The van der Waals surface area contributed by atoms with E-state index in [0.717, 1.165) is 5.56 Å². The molecule has 2 aromatic rings. The number of nitrogens with zero attached hydrogens (tertiary/aromatic N) is 1. The van der Waals surface area contributed by atoms with Crippen LogP contribution < -0.4 is 10.5 Å². The number of anilines is 1. The quantitative estimate of drug-likeness (QED) is 0.825. The zero-order valence-electron chi connectivity index (χ0n) is 10.7. The van der Waals surface area contributed by atoms with E-state index in [0.29, 0.717) is 10.2 Å². The van der Waals surface area contributed by atoms with Gasteiger partial charge >= 0.3 is 0 Å². The molecule has 1 atom stereocenters. The van der Waals surface area contributed by atoms with Gasteiger partial charge in [0.05, 0.1) is 4.90 Å². The molecule has 0 saturated heterocycles. The van der Waals surface area contributed by atoms with E-state index in [1.807, 2.05) is 6.07 Å². The van der Waals surface area contributed by atoms with E-state index in [9.17, 15) is 8.42 Å². The van der Waals surface area contributed by atoms with Crippen molar-refractivity contribution >= 4 is 31.6 Å². The molecule has 1 unspecified atom stereocenters. The molecule has 7 heteroatoms. The third-order valence-corrected chi connectivity index (χ3v) is 5.02. The number of nitrogens with two attached hydrogens (primary N) is 1. The summed E-state index contributed by atoms with van der Waals surface area (Å²) in [5.41, 5.74) is 6.94. The third kappa shape index (κ3) is 3.36. The van der Waals surface area contributed by atoms with Crippen molar-refractivity contribution in [3.8, 4) is 0 Å². The highest BCUT2D eigenvalue weighted by molar-refractivity contribution is 9.10. The molecule has 0 aliphatic carbocycles. The minimum atomic E-state index is -3.61. The molecule has 1 aromatic heterocycles. The summed E-state index contributed by atoms with van der Waals surface area (Å²) in [6, 6.07) is 7.71. The number of hydrogen-bond acceptors (Lipinski definition) is 4. The Morgan fingerprint density at radius 3 is 2.70 bits per heavy atom. The maximum atomic E-state index is 12.3. The predicted molar refractivity (Wildman–Crippen MR) is 81.5 cm³/mol. The number of nitrogen functional groups attached to an aromatic ring is 1. The van der Waals surface area contributed by atoms with Gasteiger partial charge in [-0.15, -0.1) is 0 Å². The van der Waals surface area contributed by atoms with Gasteiger partial charge in [0.25, 0.3) is 0 Å². The number of rotatable bonds is 4. The zero-order chi connectivity index (χ0) is 14.8. The largest absolute Gasteiger partial charge is 0.398 e. The first-order valence-corrected chi connectivity index (χ1v) is 8.15. The Labute approximate surface area is 126 Å². The molecule has 0 saturated carbocycles. The molecule has 5 nitrogen and oxygen atoms in total. The molecule has 0 amide bonds. The molecular weight excluding hydrogens is 342 g/mol. The molecule has 0 aliphatic rings. The van der Waals surface area contributed by atoms with Crippen LogP contribution in [0.5, 0.6) is 0 Å². The molecule has 20 heavy (non-hydrogen) atoms. The minimum Gasteiger partial charge on any atom is -0.398 e. The van der Waals surface area contributed by atoms with E-state index in [2.05, 4.69) is 25.6 Å². The number of sulfonamides is 1. The fourth-order valence-corrected chi connectivity index (χ4v) is 3.46. The zero-order valence-corrected chi connectivity index (χ0v) is 13.1. The number of benzene rings is 1. The number of aromatic nitrogens is 1. The van der Waals surface area contributed by atoms with Crippen molar-refractivity contribution in [3.63, 3.8) is 0 Å². The summed E-state index contributed by atoms with van der Waals surface area (Å²) < 4.78 is 27.7. The summed E-state index contributed by atoms with van der Waals surface area (Å²) in [7, 11) is -3.61. The first-order valence-electron chi connectivity index (χ1n) is 5.87. The molecule has 0 fully saturated rings. The van der Waals surface area contributed by atoms with Crippen molar-refractivity contribution in [2.24, 2.45) is 0 Å². The predicted octanol–water partition coefficient (Wildman–Crippen LogP) is 2.47. The van der Waals surface area contributed by atoms with Crippen LogP contribution in [0, 0.1) is 0 Å². The lowest BCUT2D eigenvalue weighted by molar-refractivity contribution is 0.566. The molecule has 3 N–H and O–H groups in total. The lowest BCUT2D eigenvalue weighted by Crippen LogP contribution is -2.27. The fourth-order valence-electron chi connectivity index (χ4n) is 1.68. The van der Waals surface area contributed by atoms with Crippen molar-refractivity contribution in [3.05, 3.63) is 52.8 Å². The lowest BCUT2D eigenvalue weighted by atomic mass is 10.2. The van der Waals surface area contributed by atoms with Crippen LogP contribution in [0.2, 0.25) is 0 Å². The van der Waals surface area contributed by atoms with Gasteiger partial charge in [-0.1, -0.05) is 6.07 Å². The summed E-state index contributed by atoms with van der Waals surface area (Å²) in [6.07, 6.45) is 3.27. The first-order chi connectivity index (χ1) is 9.40. The van der Waals surface area contributed by atoms with Gasteiger partial charge in [0, 0.05) is 28.6 Å². The maximum absolute atomic E-state index is 12.3. The number of pyridine rings is 1. The van der Waals surface area contributed by atoms with Gasteiger partial charge < -0.3 is 5.73 Å². The van der Waals surface area contributed by atoms with E-state index >= 15 is 0 Å². The van der Waals surface area contributed by atoms with Crippen LogP contribution in [0.4, 0.5) is 5.69 Å². The molecule has 1 heterocycles. The normalized spacial score (nSPS) is 13.1. The van der Waals surface area contributed by atoms with E-state index in [4.69, 9.17) is 5.73 Å². The van der Waals surface area contributed by atoms with Crippen LogP contribution in [0.1, 0.15) is 18.5 Å². The minimum absolute atomic E-state index is 0.161. The highest BCUT2D eigenvalue weighted by Gasteiger charge is 2.19. The molecular formula is C13H14BrN3O2S. The van der Waals surface area contributed by atoms with Crippen molar-refractivity contribution in [1.29, 1.82) is 0 Å². The van der Waals surface area contributed by atoms with Gasteiger partial charge in [-0.25, -0.2) is 13.1 Å². The molecule has 1 aromatic carbocycles. The second kappa shape index (κ2) is 5.90. The fraction of sp³-hybridized carbons (Fsp3) is 0.154. The molecule has 0 radical (unpaired) electrons. The highest BCUT2D eigenvalue weighted by Crippen LogP contribution is 2.24. The Bertz CT molecular complexity index is 705. The van der Waals surface area contributed by atoms with E-state index in [1.165, 1.54) is 12.1 Å². The molecule has 106 valence electrons. The SMILES string of the molecule is CC(NS(=O)(=O)c1ccc(N)c(Br)c1)c1cccnc1. The Kier molecular flexibility index (Phi) is 4.42. The van der Waals surface area contributed by atoms with Crippen LogP contribution in [0.3, 0.4) is 0 Å². The van der Waals surface area contributed by atoms with Crippen LogP contribution in [0.25, 0.3) is 0 Å². The second-order valence-corrected chi connectivity index (χ2v) is 6.88. The number of hydrogen-bond donors (Lipinski definition) is 2. The Morgan fingerprint density at radius 2 is 2.10 bits per heavy atom. The van der Waals surface area contributed by atoms with Gasteiger partial charge in [-0.3, -0.25) is 4.98 Å². The topological polar surface area (TPSA) is 85.1 Å². The van der Waals surface area contributed by atoms with Crippen molar-refractivity contribution in [1.82, 2.24) is 9.71 Å².